The molecule has 0 saturated carbocycles. The summed E-state index contributed by atoms with van der Waals surface area (Å²) in [5.41, 5.74) is 0. The highest BCUT2D eigenvalue weighted by Crippen LogP contribution is 2.27. The second-order valence-corrected chi connectivity index (χ2v) is 10.4. The molecule has 3 aliphatic rings. The number of hydrogen-bond donors (Lipinski definition) is 4. The molecule has 0 radical (unpaired) electrons. The molecule has 0 spiro atoms. The molecule has 0 bridgehead atoms. The van der Waals surface area contributed by atoms with Crippen molar-refractivity contribution in [2.45, 2.75) is 63.0 Å². The molecule has 29 heavy (non-hydrogen) atoms. The zero-order valence-electron chi connectivity index (χ0n) is 17.0. The Hall–Kier alpha value is -1.90. The van der Waals surface area contributed by atoms with E-state index in [-0.39, 0.29) is 30.0 Å². The summed E-state index contributed by atoms with van der Waals surface area (Å²) < 4.78 is 26.7. The first-order chi connectivity index (χ1) is 13.6. The Bertz CT molecular complexity index is 797. The lowest BCUT2D eigenvalue weighted by molar-refractivity contribution is -0.122. The number of nitrogens with one attached hydrogen (secondary N) is 4. The van der Waals surface area contributed by atoms with Gasteiger partial charge in [-0.2, -0.15) is 5.26 Å². The molecule has 0 aromatic heterocycles. The SMILES string of the molecule is CC1CC(C#N)NCC1[C@@H](C)NC(=O)CN1C(=O)NC2CCNC(C)C2S1(=O)=O. The van der Waals surface area contributed by atoms with Gasteiger partial charge in [0.2, 0.25) is 15.9 Å². The van der Waals surface area contributed by atoms with E-state index in [2.05, 4.69) is 27.3 Å². The molecule has 6 unspecified atom stereocenters. The van der Waals surface area contributed by atoms with Crippen LogP contribution in [0.1, 0.15) is 33.6 Å². The topological polar surface area (TPSA) is 143 Å². The summed E-state index contributed by atoms with van der Waals surface area (Å²) in [4.78, 5) is 25.0. The summed E-state index contributed by atoms with van der Waals surface area (Å²) in [5, 5.41) is 20.1. The van der Waals surface area contributed by atoms with E-state index in [1.807, 2.05) is 13.8 Å². The number of rotatable bonds is 4. The first kappa shape index (κ1) is 21.8. The van der Waals surface area contributed by atoms with Crippen LogP contribution in [0.25, 0.3) is 0 Å². The minimum absolute atomic E-state index is 0.113. The van der Waals surface area contributed by atoms with Gasteiger partial charge in [0.15, 0.2) is 0 Å². The van der Waals surface area contributed by atoms with Crippen molar-refractivity contribution in [3.05, 3.63) is 0 Å². The molecular formula is C18H30N6O4S. The molecular weight excluding hydrogens is 396 g/mol. The Labute approximate surface area is 171 Å². The molecule has 3 amide bonds. The average Bonchev–Trinajstić information content (AvgIpc) is 2.64. The number of urea groups is 1. The number of nitrogens with zero attached hydrogens (tertiary/aromatic N) is 2. The van der Waals surface area contributed by atoms with E-state index in [4.69, 9.17) is 5.26 Å². The molecule has 11 heteroatoms. The monoisotopic (exact) mass is 426 g/mol. The summed E-state index contributed by atoms with van der Waals surface area (Å²) in [6.07, 6.45) is 1.23. The van der Waals surface area contributed by atoms with Crippen molar-refractivity contribution in [1.82, 2.24) is 25.6 Å². The van der Waals surface area contributed by atoms with Crippen LogP contribution in [0, 0.1) is 23.2 Å². The van der Waals surface area contributed by atoms with Gasteiger partial charge in [-0.25, -0.2) is 17.5 Å². The van der Waals surface area contributed by atoms with Crippen molar-refractivity contribution in [3.63, 3.8) is 0 Å². The summed E-state index contributed by atoms with van der Waals surface area (Å²) >= 11 is 0. The number of fused-ring (bicyclic) bond motifs is 1. The van der Waals surface area contributed by atoms with Crippen LogP contribution in [0.3, 0.4) is 0 Å². The van der Waals surface area contributed by atoms with Crippen molar-refractivity contribution < 1.29 is 18.0 Å². The fourth-order valence-corrected chi connectivity index (χ4v) is 6.89. The van der Waals surface area contributed by atoms with E-state index in [0.717, 1.165) is 0 Å². The molecule has 3 fully saturated rings. The van der Waals surface area contributed by atoms with Gasteiger partial charge in [-0.15, -0.1) is 0 Å². The number of carbonyl (C=O) groups is 2. The van der Waals surface area contributed by atoms with Crippen LogP contribution in [0.4, 0.5) is 4.79 Å². The van der Waals surface area contributed by atoms with Gasteiger partial charge < -0.3 is 21.3 Å². The highest BCUT2D eigenvalue weighted by molar-refractivity contribution is 7.90. The van der Waals surface area contributed by atoms with Gasteiger partial charge in [0.25, 0.3) is 0 Å². The Morgan fingerprint density at radius 2 is 2.10 bits per heavy atom. The fourth-order valence-electron chi connectivity index (χ4n) is 4.78. The van der Waals surface area contributed by atoms with Crippen molar-refractivity contribution in [2.75, 3.05) is 19.6 Å². The highest BCUT2D eigenvalue weighted by Gasteiger charge is 2.50. The molecule has 3 heterocycles. The molecule has 3 saturated heterocycles. The quantitative estimate of drug-likeness (QED) is 0.456. The van der Waals surface area contributed by atoms with Gasteiger partial charge in [-0.3, -0.25) is 4.79 Å². The summed E-state index contributed by atoms with van der Waals surface area (Å²) in [6, 6.07) is 0.302. The van der Waals surface area contributed by atoms with E-state index in [1.165, 1.54) is 0 Å². The van der Waals surface area contributed by atoms with E-state index >= 15 is 0 Å². The Morgan fingerprint density at radius 1 is 1.38 bits per heavy atom. The largest absolute Gasteiger partial charge is 0.352 e. The van der Waals surface area contributed by atoms with E-state index in [1.54, 1.807) is 6.92 Å². The summed E-state index contributed by atoms with van der Waals surface area (Å²) in [7, 11) is -3.95. The predicted molar refractivity (Wildman–Crippen MR) is 106 cm³/mol. The average molecular weight is 427 g/mol. The van der Waals surface area contributed by atoms with Crippen LogP contribution < -0.4 is 21.3 Å². The highest BCUT2D eigenvalue weighted by atomic mass is 32.2. The standard InChI is InChI=1S/C18H30N6O4S/c1-10-6-13(7-19)21-8-14(10)11(2)22-16(25)9-24-18(26)23-15-4-5-20-12(3)17(15)29(24,27)28/h10-15,17,20-21H,4-6,8-9H2,1-3H3,(H,22,25)(H,23,26)/t10?,11-,12?,13?,14?,15?,17?/m1/s1. The lowest BCUT2D eigenvalue weighted by Crippen LogP contribution is -2.70. The minimum Gasteiger partial charge on any atom is -0.352 e. The zero-order valence-corrected chi connectivity index (χ0v) is 17.8. The smallest absolute Gasteiger partial charge is 0.331 e. The number of hydrogen-bond acceptors (Lipinski definition) is 7. The second kappa shape index (κ2) is 8.45. The van der Waals surface area contributed by atoms with Gasteiger partial charge in [0, 0.05) is 18.6 Å². The molecule has 0 aliphatic carbocycles. The minimum atomic E-state index is -3.95. The first-order valence-electron chi connectivity index (χ1n) is 10.1. The molecule has 0 aromatic rings. The van der Waals surface area contributed by atoms with Crippen LogP contribution >= 0.6 is 0 Å². The molecule has 7 atom stereocenters. The van der Waals surface area contributed by atoms with Crippen molar-refractivity contribution in [2.24, 2.45) is 11.8 Å². The Morgan fingerprint density at radius 3 is 2.76 bits per heavy atom. The van der Waals surface area contributed by atoms with Crippen LogP contribution in [-0.2, 0) is 14.8 Å². The van der Waals surface area contributed by atoms with Crippen molar-refractivity contribution in [1.29, 1.82) is 5.26 Å². The Kier molecular flexibility index (Phi) is 6.36. The number of amides is 3. The molecule has 3 rings (SSSR count). The van der Waals surface area contributed by atoms with Gasteiger partial charge in [0.1, 0.15) is 11.8 Å². The van der Waals surface area contributed by atoms with Gasteiger partial charge in [-0.1, -0.05) is 6.92 Å². The van der Waals surface area contributed by atoms with Crippen molar-refractivity contribution >= 4 is 22.0 Å². The van der Waals surface area contributed by atoms with E-state index in [0.29, 0.717) is 30.2 Å². The Balaban J connectivity index is 1.64. The first-order valence-corrected chi connectivity index (χ1v) is 11.6. The molecule has 162 valence electrons. The van der Waals surface area contributed by atoms with Crippen LogP contribution in [-0.4, -0.2) is 73.7 Å². The zero-order chi connectivity index (χ0) is 21.3. The third kappa shape index (κ3) is 4.34. The van der Waals surface area contributed by atoms with Crippen LogP contribution in [0.5, 0.6) is 0 Å². The van der Waals surface area contributed by atoms with Gasteiger partial charge in [0.05, 0.1) is 18.2 Å². The second-order valence-electron chi connectivity index (χ2n) is 8.43. The fraction of sp³-hybridized carbons (Fsp3) is 0.833. The van der Waals surface area contributed by atoms with Crippen LogP contribution in [0.2, 0.25) is 0 Å². The number of nitriles is 1. The van der Waals surface area contributed by atoms with Gasteiger partial charge >= 0.3 is 6.03 Å². The maximum Gasteiger partial charge on any atom is 0.331 e. The number of carbonyl (C=O) groups excluding carboxylic acids is 2. The predicted octanol–water partition coefficient (Wildman–Crippen LogP) is -0.897. The number of sulfonamides is 1. The third-order valence-electron chi connectivity index (χ3n) is 6.41. The molecule has 3 aliphatic heterocycles. The lowest BCUT2D eigenvalue weighted by atomic mass is 9.80. The molecule has 10 nitrogen and oxygen atoms in total. The molecule has 0 aromatic carbocycles. The van der Waals surface area contributed by atoms with Gasteiger partial charge in [-0.05, 0) is 45.1 Å². The normalized spacial score (nSPS) is 37.6. The van der Waals surface area contributed by atoms with E-state index in [9.17, 15) is 18.0 Å². The lowest BCUT2D eigenvalue weighted by Gasteiger charge is -2.44. The summed E-state index contributed by atoms with van der Waals surface area (Å²) in [6.45, 7) is 6.37. The maximum absolute atomic E-state index is 13.0. The molecule has 4 N–H and O–H groups in total. The van der Waals surface area contributed by atoms with E-state index < -0.39 is 39.8 Å². The summed E-state index contributed by atoms with van der Waals surface area (Å²) in [5.74, 6) is -0.170. The van der Waals surface area contributed by atoms with Crippen molar-refractivity contribution in [3.8, 4) is 6.07 Å². The third-order valence-corrected chi connectivity index (χ3v) is 8.74. The maximum atomic E-state index is 13.0. The number of piperidine rings is 2. The van der Waals surface area contributed by atoms with Crippen LogP contribution in [0.15, 0.2) is 0 Å².